The first kappa shape index (κ1) is 9.01. The molecule has 1 aliphatic rings. The van der Waals surface area contributed by atoms with Gasteiger partial charge in [0.2, 0.25) is 0 Å². The Morgan fingerprint density at radius 2 is 2.00 bits per heavy atom. The Bertz CT molecular complexity index is 101. The summed E-state index contributed by atoms with van der Waals surface area (Å²) in [6.45, 7) is 5.45. The van der Waals surface area contributed by atoms with Crippen LogP contribution in [0.25, 0.3) is 0 Å². The molecule has 0 unspecified atom stereocenters. The number of piperidine rings is 1. The Morgan fingerprint density at radius 3 is 2.45 bits per heavy atom. The van der Waals surface area contributed by atoms with Crippen LogP contribution in [-0.2, 0) is 0 Å². The third-order valence-corrected chi connectivity index (χ3v) is 2.88. The van der Waals surface area contributed by atoms with Gasteiger partial charge in [-0.3, -0.25) is 0 Å². The molecule has 1 rings (SSSR count). The molecule has 1 aliphatic heterocycles. The van der Waals surface area contributed by atoms with Crippen molar-refractivity contribution in [3.8, 4) is 0 Å². The first-order chi connectivity index (χ1) is 5.33. The maximum absolute atomic E-state index is 5.80. The first-order valence-electron chi connectivity index (χ1n) is 4.74. The molecule has 0 saturated carbocycles. The number of nitrogens with one attached hydrogen (secondary N) is 1. The highest BCUT2D eigenvalue weighted by molar-refractivity contribution is 4.84. The van der Waals surface area contributed by atoms with Gasteiger partial charge in [-0.2, -0.15) is 0 Å². The van der Waals surface area contributed by atoms with E-state index < -0.39 is 0 Å². The smallest absolute Gasteiger partial charge is 0.00196 e. The summed E-state index contributed by atoms with van der Waals surface area (Å²) in [6.07, 6.45) is 5.14. The second kappa shape index (κ2) is 4.07. The minimum Gasteiger partial charge on any atom is -0.330 e. The molecule has 1 fully saturated rings. The lowest BCUT2D eigenvalue weighted by atomic mass is 9.75. The molecule has 0 aromatic heterocycles. The molecule has 1 saturated heterocycles. The normalized spacial score (nSPS) is 23.5. The van der Waals surface area contributed by atoms with Crippen LogP contribution in [0.3, 0.4) is 0 Å². The lowest BCUT2D eigenvalue weighted by molar-refractivity contribution is 0.192. The molecule has 0 atom stereocenters. The highest BCUT2D eigenvalue weighted by atomic mass is 14.9. The Kier molecular flexibility index (Phi) is 3.34. The average Bonchev–Trinajstić information content (AvgIpc) is 2.07. The second-order valence-corrected chi connectivity index (χ2v) is 3.70. The molecule has 2 nitrogen and oxygen atoms in total. The van der Waals surface area contributed by atoms with Crippen molar-refractivity contribution >= 4 is 0 Å². The quantitative estimate of drug-likeness (QED) is 0.642. The van der Waals surface area contributed by atoms with Crippen LogP contribution in [0.4, 0.5) is 0 Å². The van der Waals surface area contributed by atoms with Crippen LogP contribution in [0.5, 0.6) is 0 Å². The predicted octanol–water partition coefficient (Wildman–Crippen LogP) is 1.12. The number of hydrogen-bond acceptors (Lipinski definition) is 2. The molecule has 0 aliphatic carbocycles. The molecule has 0 aromatic rings. The Balaban J connectivity index is 2.42. The zero-order valence-corrected chi connectivity index (χ0v) is 7.53. The van der Waals surface area contributed by atoms with Gasteiger partial charge in [-0.15, -0.1) is 0 Å². The number of hydrogen-bond donors (Lipinski definition) is 2. The Labute approximate surface area is 69.5 Å². The Morgan fingerprint density at radius 1 is 1.36 bits per heavy atom. The molecular formula is C9H20N2. The highest BCUT2D eigenvalue weighted by Gasteiger charge is 2.28. The van der Waals surface area contributed by atoms with Crippen molar-refractivity contribution in [2.45, 2.75) is 32.6 Å². The third-order valence-electron chi connectivity index (χ3n) is 2.88. The Hall–Kier alpha value is -0.0800. The molecule has 0 aromatic carbocycles. The summed E-state index contributed by atoms with van der Waals surface area (Å²) in [4.78, 5) is 0. The van der Waals surface area contributed by atoms with Gasteiger partial charge in [0.05, 0.1) is 0 Å². The molecule has 0 spiro atoms. The van der Waals surface area contributed by atoms with Crippen LogP contribution in [0.2, 0.25) is 0 Å². The van der Waals surface area contributed by atoms with Gasteiger partial charge in [0.1, 0.15) is 0 Å². The van der Waals surface area contributed by atoms with Crippen LogP contribution in [0.15, 0.2) is 0 Å². The van der Waals surface area contributed by atoms with Gasteiger partial charge >= 0.3 is 0 Å². The van der Waals surface area contributed by atoms with Crippen LogP contribution in [-0.4, -0.2) is 19.6 Å². The van der Waals surface area contributed by atoms with E-state index in [1.165, 1.54) is 25.7 Å². The van der Waals surface area contributed by atoms with Gasteiger partial charge < -0.3 is 11.1 Å². The van der Waals surface area contributed by atoms with E-state index in [0.717, 1.165) is 19.6 Å². The monoisotopic (exact) mass is 156 g/mol. The summed E-state index contributed by atoms with van der Waals surface area (Å²) in [5, 5.41) is 3.38. The van der Waals surface area contributed by atoms with Gasteiger partial charge in [0.25, 0.3) is 0 Å². The van der Waals surface area contributed by atoms with Crippen molar-refractivity contribution in [2.75, 3.05) is 19.6 Å². The molecule has 3 N–H and O–H groups in total. The van der Waals surface area contributed by atoms with Gasteiger partial charge in [-0.25, -0.2) is 0 Å². The fraction of sp³-hybridized carbons (Fsp3) is 1.00. The van der Waals surface area contributed by atoms with E-state index in [1.54, 1.807) is 0 Å². The maximum Gasteiger partial charge on any atom is -0.00196 e. The molecule has 0 radical (unpaired) electrons. The molecule has 1 heterocycles. The molecule has 11 heavy (non-hydrogen) atoms. The van der Waals surface area contributed by atoms with Crippen molar-refractivity contribution in [1.82, 2.24) is 5.32 Å². The largest absolute Gasteiger partial charge is 0.330 e. The van der Waals surface area contributed by atoms with Crippen molar-refractivity contribution in [1.29, 1.82) is 0 Å². The van der Waals surface area contributed by atoms with Gasteiger partial charge in [-0.1, -0.05) is 13.3 Å². The summed E-state index contributed by atoms with van der Waals surface area (Å²) < 4.78 is 0. The van der Waals surface area contributed by atoms with Crippen LogP contribution in [0, 0.1) is 5.41 Å². The molecule has 2 heteroatoms. The summed E-state index contributed by atoms with van der Waals surface area (Å²) in [5.74, 6) is 0. The fourth-order valence-corrected chi connectivity index (χ4v) is 2.04. The second-order valence-electron chi connectivity index (χ2n) is 3.70. The lowest BCUT2D eigenvalue weighted by Crippen LogP contribution is -2.41. The van der Waals surface area contributed by atoms with Crippen molar-refractivity contribution in [3.05, 3.63) is 0 Å². The van der Waals surface area contributed by atoms with Gasteiger partial charge in [0.15, 0.2) is 0 Å². The number of nitrogens with two attached hydrogens (primary N) is 1. The standard InChI is InChI=1S/C9H20N2/c1-2-3-9(8-10)4-6-11-7-5-9/h11H,2-8,10H2,1H3. The van der Waals surface area contributed by atoms with Crippen LogP contribution >= 0.6 is 0 Å². The molecular weight excluding hydrogens is 136 g/mol. The fourth-order valence-electron chi connectivity index (χ4n) is 2.04. The van der Waals surface area contributed by atoms with Crippen LogP contribution in [0.1, 0.15) is 32.6 Å². The molecule has 66 valence electrons. The SMILES string of the molecule is CCCC1(CN)CCNCC1. The summed E-state index contributed by atoms with van der Waals surface area (Å²) in [5.41, 5.74) is 6.28. The predicted molar refractivity (Wildman–Crippen MR) is 48.5 cm³/mol. The summed E-state index contributed by atoms with van der Waals surface area (Å²) >= 11 is 0. The van der Waals surface area contributed by atoms with E-state index in [-0.39, 0.29) is 0 Å². The van der Waals surface area contributed by atoms with E-state index in [2.05, 4.69) is 12.2 Å². The highest BCUT2D eigenvalue weighted by Crippen LogP contribution is 2.32. The summed E-state index contributed by atoms with van der Waals surface area (Å²) in [6, 6.07) is 0. The van der Waals surface area contributed by atoms with E-state index in [1.807, 2.05) is 0 Å². The zero-order valence-electron chi connectivity index (χ0n) is 7.53. The lowest BCUT2D eigenvalue weighted by Gasteiger charge is -2.36. The van der Waals surface area contributed by atoms with E-state index in [9.17, 15) is 0 Å². The van der Waals surface area contributed by atoms with Gasteiger partial charge in [0, 0.05) is 0 Å². The van der Waals surface area contributed by atoms with Gasteiger partial charge in [-0.05, 0) is 44.3 Å². The first-order valence-corrected chi connectivity index (χ1v) is 4.74. The maximum atomic E-state index is 5.80. The van der Waals surface area contributed by atoms with Crippen LogP contribution < -0.4 is 11.1 Å². The number of rotatable bonds is 3. The molecule has 0 amide bonds. The average molecular weight is 156 g/mol. The topological polar surface area (TPSA) is 38.0 Å². The van der Waals surface area contributed by atoms with Crippen molar-refractivity contribution in [3.63, 3.8) is 0 Å². The summed E-state index contributed by atoms with van der Waals surface area (Å²) in [7, 11) is 0. The van der Waals surface area contributed by atoms with Crippen molar-refractivity contribution in [2.24, 2.45) is 11.1 Å². The van der Waals surface area contributed by atoms with E-state index in [4.69, 9.17) is 5.73 Å². The third kappa shape index (κ3) is 2.17. The van der Waals surface area contributed by atoms with E-state index in [0.29, 0.717) is 5.41 Å². The molecule has 0 bridgehead atoms. The zero-order chi connectivity index (χ0) is 8.16. The minimum absolute atomic E-state index is 0.486. The van der Waals surface area contributed by atoms with Crippen molar-refractivity contribution < 1.29 is 0 Å². The van der Waals surface area contributed by atoms with E-state index >= 15 is 0 Å². The minimum atomic E-state index is 0.486.